The summed E-state index contributed by atoms with van der Waals surface area (Å²) in [6.07, 6.45) is 0. The molecule has 0 atom stereocenters. The minimum Gasteiger partial charge on any atom is -0.228 e. The van der Waals surface area contributed by atoms with Crippen LogP contribution in [0.2, 0.25) is 0 Å². The highest BCUT2D eigenvalue weighted by molar-refractivity contribution is 5.87. The minimum absolute atomic E-state index is 0.622. The van der Waals surface area contributed by atoms with E-state index < -0.39 is 0 Å². The fraction of sp³-hybridized carbons (Fsp3) is 0. The van der Waals surface area contributed by atoms with Gasteiger partial charge in [-0.25, -0.2) is 24.9 Å². The van der Waals surface area contributed by atoms with Crippen molar-refractivity contribution >= 4 is 0 Å². The summed E-state index contributed by atoms with van der Waals surface area (Å²) in [6, 6.07) is 77.1. The first-order chi connectivity index (χ1) is 29.7. The number of hydrogen-bond donors (Lipinski definition) is 0. The lowest BCUT2D eigenvalue weighted by Crippen LogP contribution is -2.00. The van der Waals surface area contributed by atoms with E-state index in [9.17, 15) is 0 Å². The van der Waals surface area contributed by atoms with Crippen LogP contribution in [0.5, 0.6) is 0 Å². The van der Waals surface area contributed by atoms with Crippen LogP contribution < -0.4 is 0 Å². The fourth-order valence-electron chi connectivity index (χ4n) is 7.50. The average Bonchev–Trinajstić information content (AvgIpc) is 3.35. The second-order valence-corrected chi connectivity index (χ2v) is 14.5. The molecule has 0 amide bonds. The van der Waals surface area contributed by atoms with Crippen LogP contribution in [0.15, 0.2) is 224 Å². The van der Waals surface area contributed by atoms with Crippen LogP contribution in [0.1, 0.15) is 0 Å². The van der Waals surface area contributed by atoms with Gasteiger partial charge in [-0.2, -0.15) is 0 Å². The number of nitrogens with zero attached hydrogens (tertiary/aromatic N) is 5. The molecule has 0 aliphatic rings. The summed E-state index contributed by atoms with van der Waals surface area (Å²) in [7, 11) is 0. The second-order valence-electron chi connectivity index (χ2n) is 14.5. The molecule has 0 fully saturated rings. The molecule has 0 spiro atoms. The Hall–Kier alpha value is -8.15. The van der Waals surface area contributed by atoms with Gasteiger partial charge in [0.1, 0.15) is 0 Å². The van der Waals surface area contributed by atoms with Crippen LogP contribution in [0, 0.1) is 0 Å². The molecule has 2 heterocycles. The summed E-state index contributed by atoms with van der Waals surface area (Å²) in [5.41, 5.74) is 14.3. The lowest BCUT2D eigenvalue weighted by molar-refractivity contribution is 1.07. The molecule has 282 valence electrons. The molecule has 5 nitrogen and oxygen atoms in total. The Morgan fingerprint density at radius 2 is 0.517 bits per heavy atom. The van der Waals surface area contributed by atoms with Gasteiger partial charge in [0.2, 0.25) is 0 Å². The van der Waals surface area contributed by atoms with Crippen LogP contribution in [-0.2, 0) is 0 Å². The van der Waals surface area contributed by atoms with Crippen molar-refractivity contribution < 1.29 is 0 Å². The molecule has 0 radical (unpaired) electrons. The maximum absolute atomic E-state index is 5.18. The Morgan fingerprint density at radius 3 is 1.00 bits per heavy atom. The standard InChI is InChI=1S/C55H37N5/c1-6-17-39(18-7-1)48-34-33-47(36-49(48)40-19-8-2-9-20-40)51-37-50(56-52(57-51)41-21-10-3-11-22-41)46-28-16-27-45(35-46)38-29-31-44(32-30-38)55-59-53(42-23-12-4-13-24-42)58-54(60-55)43-25-14-5-15-26-43/h1-37H. The molecule has 10 rings (SSSR count). The van der Waals surface area contributed by atoms with Crippen molar-refractivity contribution in [2.24, 2.45) is 0 Å². The Morgan fingerprint density at radius 1 is 0.183 bits per heavy atom. The zero-order valence-corrected chi connectivity index (χ0v) is 32.6. The SMILES string of the molecule is c1ccc(-c2nc(-c3cccc(-c4ccc(-c5nc(-c6ccccc6)nc(-c6ccccc6)n5)cc4)c3)cc(-c3ccc(-c4ccccc4)c(-c4ccccc4)c3)n2)cc1. The molecule has 60 heavy (non-hydrogen) atoms. The highest BCUT2D eigenvalue weighted by atomic mass is 15.0. The molecule has 2 aromatic heterocycles. The van der Waals surface area contributed by atoms with Gasteiger partial charge in [0.05, 0.1) is 11.4 Å². The molecule has 10 aromatic rings. The highest BCUT2D eigenvalue weighted by Crippen LogP contribution is 2.37. The highest BCUT2D eigenvalue weighted by Gasteiger charge is 2.16. The van der Waals surface area contributed by atoms with E-state index in [0.717, 1.165) is 67.0 Å². The van der Waals surface area contributed by atoms with Gasteiger partial charge in [0.25, 0.3) is 0 Å². The molecule has 0 saturated carbocycles. The topological polar surface area (TPSA) is 64.5 Å². The summed E-state index contributed by atoms with van der Waals surface area (Å²) in [5, 5.41) is 0. The van der Waals surface area contributed by atoms with Crippen molar-refractivity contribution in [3.63, 3.8) is 0 Å². The monoisotopic (exact) mass is 767 g/mol. The van der Waals surface area contributed by atoms with Crippen molar-refractivity contribution in [2.75, 3.05) is 0 Å². The predicted molar refractivity (Wildman–Crippen MR) is 244 cm³/mol. The summed E-state index contributed by atoms with van der Waals surface area (Å²) >= 11 is 0. The van der Waals surface area contributed by atoms with Crippen molar-refractivity contribution in [3.05, 3.63) is 224 Å². The summed E-state index contributed by atoms with van der Waals surface area (Å²) in [6.45, 7) is 0. The van der Waals surface area contributed by atoms with Crippen molar-refractivity contribution in [1.82, 2.24) is 24.9 Å². The van der Waals surface area contributed by atoms with Crippen LogP contribution in [0.4, 0.5) is 0 Å². The maximum Gasteiger partial charge on any atom is 0.164 e. The average molecular weight is 768 g/mol. The molecule has 0 bridgehead atoms. The molecular weight excluding hydrogens is 731 g/mol. The van der Waals surface area contributed by atoms with E-state index in [4.69, 9.17) is 24.9 Å². The third kappa shape index (κ3) is 7.63. The lowest BCUT2D eigenvalue weighted by Gasteiger charge is -2.14. The predicted octanol–water partition coefficient (Wildman–Crippen LogP) is 13.7. The van der Waals surface area contributed by atoms with Gasteiger partial charge in [-0.15, -0.1) is 0 Å². The van der Waals surface area contributed by atoms with E-state index in [1.165, 1.54) is 11.1 Å². The molecule has 0 unspecified atom stereocenters. The number of rotatable bonds is 9. The number of hydrogen-bond acceptors (Lipinski definition) is 5. The third-order valence-electron chi connectivity index (χ3n) is 10.6. The Labute approximate surface area is 349 Å². The molecule has 8 aromatic carbocycles. The minimum atomic E-state index is 0.622. The van der Waals surface area contributed by atoms with E-state index in [-0.39, 0.29) is 0 Å². The van der Waals surface area contributed by atoms with Crippen molar-refractivity contribution in [3.8, 4) is 101 Å². The first-order valence-corrected chi connectivity index (χ1v) is 20.0. The normalized spacial score (nSPS) is 11.0. The van der Waals surface area contributed by atoms with Crippen molar-refractivity contribution in [1.29, 1.82) is 0 Å². The van der Waals surface area contributed by atoms with Gasteiger partial charge in [0, 0.05) is 33.4 Å². The Kier molecular flexibility index (Phi) is 9.88. The molecule has 0 N–H and O–H groups in total. The van der Waals surface area contributed by atoms with Gasteiger partial charge in [-0.1, -0.05) is 206 Å². The Balaban J connectivity index is 1.03. The fourth-order valence-corrected chi connectivity index (χ4v) is 7.50. The van der Waals surface area contributed by atoms with E-state index >= 15 is 0 Å². The first-order valence-electron chi connectivity index (χ1n) is 20.0. The van der Waals surface area contributed by atoms with Gasteiger partial charge in [0.15, 0.2) is 23.3 Å². The molecule has 0 saturated heterocycles. The summed E-state index contributed by atoms with van der Waals surface area (Å²) < 4.78 is 0. The maximum atomic E-state index is 5.18. The van der Waals surface area contributed by atoms with Gasteiger partial charge >= 0.3 is 0 Å². The lowest BCUT2D eigenvalue weighted by atomic mass is 9.92. The van der Waals surface area contributed by atoms with E-state index in [0.29, 0.717) is 23.3 Å². The molecule has 5 heteroatoms. The van der Waals surface area contributed by atoms with E-state index in [2.05, 4.69) is 146 Å². The number of aromatic nitrogens is 5. The van der Waals surface area contributed by atoms with Crippen LogP contribution in [-0.4, -0.2) is 24.9 Å². The largest absolute Gasteiger partial charge is 0.228 e. The number of benzene rings is 8. The molecule has 0 aliphatic heterocycles. The second kappa shape index (κ2) is 16.4. The molecular formula is C55H37N5. The zero-order chi connectivity index (χ0) is 40.1. The van der Waals surface area contributed by atoms with Crippen LogP contribution in [0.3, 0.4) is 0 Å². The first kappa shape index (κ1) is 36.2. The van der Waals surface area contributed by atoms with Crippen LogP contribution >= 0.6 is 0 Å². The molecule has 0 aliphatic carbocycles. The smallest absolute Gasteiger partial charge is 0.164 e. The van der Waals surface area contributed by atoms with Crippen molar-refractivity contribution in [2.45, 2.75) is 0 Å². The third-order valence-corrected chi connectivity index (χ3v) is 10.6. The summed E-state index contributed by atoms with van der Waals surface area (Å²) in [4.78, 5) is 25.1. The van der Waals surface area contributed by atoms with Gasteiger partial charge in [-0.05, 0) is 51.6 Å². The van der Waals surface area contributed by atoms with Crippen LogP contribution in [0.25, 0.3) is 101 Å². The van der Waals surface area contributed by atoms with Gasteiger partial charge in [-0.3, -0.25) is 0 Å². The van der Waals surface area contributed by atoms with E-state index in [1.807, 2.05) is 78.9 Å². The summed E-state index contributed by atoms with van der Waals surface area (Å²) in [5.74, 6) is 2.57. The zero-order valence-electron chi connectivity index (χ0n) is 32.6. The van der Waals surface area contributed by atoms with Gasteiger partial charge < -0.3 is 0 Å². The quantitative estimate of drug-likeness (QED) is 0.146. The Bertz CT molecular complexity index is 2990. The van der Waals surface area contributed by atoms with E-state index in [1.54, 1.807) is 0 Å².